The van der Waals surface area contributed by atoms with Gasteiger partial charge in [-0.3, -0.25) is 0 Å². The van der Waals surface area contributed by atoms with Crippen LogP contribution in [0.3, 0.4) is 0 Å². The summed E-state index contributed by atoms with van der Waals surface area (Å²) in [6.45, 7) is 3.90. The van der Waals surface area contributed by atoms with Gasteiger partial charge in [-0.05, 0) is 25.0 Å². The average Bonchev–Trinajstić information content (AvgIpc) is 2.70. The lowest BCUT2D eigenvalue weighted by molar-refractivity contribution is 0.358. The van der Waals surface area contributed by atoms with Crippen LogP contribution in [0.25, 0.3) is 0 Å². The van der Waals surface area contributed by atoms with Crippen molar-refractivity contribution in [1.29, 1.82) is 0 Å². The van der Waals surface area contributed by atoms with Gasteiger partial charge >= 0.3 is 0 Å². The fourth-order valence-corrected chi connectivity index (χ4v) is 1.50. The number of nitrogens with two attached hydrogens (primary N) is 1. The van der Waals surface area contributed by atoms with Crippen molar-refractivity contribution in [2.24, 2.45) is 5.73 Å². The zero-order valence-electron chi connectivity index (χ0n) is 9.47. The standard InChI is InChI=1S/C12H15N3O/c1-8-5-3-4-6-10(8)7-11-14-12(9(2)13)16-15-11/h3-6,9H,7,13H2,1-2H3. The van der Waals surface area contributed by atoms with Gasteiger partial charge < -0.3 is 10.3 Å². The maximum Gasteiger partial charge on any atom is 0.243 e. The molecule has 0 bridgehead atoms. The normalized spacial score (nSPS) is 12.7. The Morgan fingerprint density at radius 3 is 2.75 bits per heavy atom. The van der Waals surface area contributed by atoms with Crippen LogP contribution in [0.2, 0.25) is 0 Å². The first-order chi connectivity index (χ1) is 7.66. The largest absolute Gasteiger partial charge is 0.338 e. The van der Waals surface area contributed by atoms with Gasteiger partial charge in [0.2, 0.25) is 5.89 Å². The minimum Gasteiger partial charge on any atom is -0.338 e. The Hall–Kier alpha value is -1.68. The van der Waals surface area contributed by atoms with E-state index in [0.29, 0.717) is 18.1 Å². The summed E-state index contributed by atoms with van der Waals surface area (Å²) in [6.07, 6.45) is 0.683. The van der Waals surface area contributed by atoms with Crippen molar-refractivity contribution in [2.75, 3.05) is 0 Å². The Balaban J connectivity index is 2.18. The minimum atomic E-state index is -0.210. The maximum atomic E-state index is 5.65. The first-order valence-corrected chi connectivity index (χ1v) is 5.29. The molecule has 1 heterocycles. The third-order valence-electron chi connectivity index (χ3n) is 2.48. The molecule has 2 N–H and O–H groups in total. The molecule has 4 nitrogen and oxygen atoms in total. The van der Waals surface area contributed by atoms with Gasteiger partial charge in [0, 0.05) is 6.42 Å². The zero-order valence-corrected chi connectivity index (χ0v) is 9.47. The third-order valence-corrected chi connectivity index (χ3v) is 2.48. The van der Waals surface area contributed by atoms with Crippen LogP contribution >= 0.6 is 0 Å². The second-order valence-corrected chi connectivity index (χ2v) is 3.94. The number of hydrogen-bond acceptors (Lipinski definition) is 4. The molecule has 84 valence electrons. The zero-order chi connectivity index (χ0) is 11.5. The van der Waals surface area contributed by atoms with Crippen molar-refractivity contribution >= 4 is 0 Å². The number of rotatable bonds is 3. The summed E-state index contributed by atoms with van der Waals surface area (Å²) < 4.78 is 5.05. The second kappa shape index (κ2) is 4.45. The lowest BCUT2D eigenvalue weighted by Gasteiger charge is -2.00. The lowest BCUT2D eigenvalue weighted by Crippen LogP contribution is -2.05. The summed E-state index contributed by atoms with van der Waals surface area (Å²) in [5.41, 5.74) is 8.09. The van der Waals surface area contributed by atoms with E-state index in [-0.39, 0.29) is 6.04 Å². The molecule has 0 aliphatic heterocycles. The Morgan fingerprint density at radius 1 is 1.38 bits per heavy atom. The second-order valence-electron chi connectivity index (χ2n) is 3.94. The summed E-state index contributed by atoms with van der Waals surface area (Å²) in [6, 6.07) is 7.95. The van der Waals surface area contributed by atoms with Gasteiger partial charge in [0.15, 0.2) is 5.82 Å². The van der Waals surface area contributed by atoms with Crippen molar-refractivity contribution in [2.45, 2.75) is 26.3 Å². The Kier molecular flexibility index (Phi) is 3.01. The highest BCUT2D eigenvalue weighted by molar-refractivity contribution is 5.27. The smallest absolute Gasteiger partial charge is 0.243 e. The van der Waals surface area contributed by atoms with Crippen molar-refractivity contribution in [1.82, 2.24) is 10.1 Å². The van der Waals surface area contributed by atoms with E-state index in [1.54, 1.807) is 0 Å². The Morgan fingerprint density at radius 2 is 2.12 bits per heavy atom. The molecule has 2 aromatic rings. The SMILES string of the molecule is Cc1ccccc1Cc1noc(C(C)N)n1. The highest BCUT2D eigenvalue weighted by Crippen LogP contribution is 2.13. The Labute approximate surface area is 94.5 Å². The molecule has 1 atom stereocenters. The highest BCUT2D eigenvalue weighted by Gasteiger charge is 2.10. The molecule has 0 saturated carbocycles. The molecule has 0 aliphatic rings. The molecule has 0 fully saturated rings. The van der Waals surface area contributed by atoms with Gasteiger partial charge in [0.05, 0.1) is 6.04 Å². The summed E-state index contributed by atoms with van der Waals surface area (Å²) in [5.74, 6) is 1.17. The first kappa shape index (κ1) is 10.8. The van der Waals surface area contributed by atoms with E-state index in [4.69, 9.17) is 10.3 Å². The van der Waals surface area contributed by atoms with Gasteiger partial charge in [-0.25, -0.2) is 0 Å². The van der Waals surface area contributed by atoms with E-state index in [1.807, 2.05) is 19.1 Å². The van der Waals surface area contributed by atoms with Gasteiger partial charge in [0.1, 0.15) is 0 Å². The lowest BCUT2D eigenvalue weighted by atomic mass is 10.1. The van der Waals surface area contributed by atoms with E-state index in [0.717, 1.165) is 0 Å². The van der Waals surface area contributed by atoms with Crippen molar-refractivity contribution in [3.05, 3.63) is 47.1 Å². The quantitative estimate of drug-likeness (QED) is 0.853. The molecule has 4 heteroatoms. The maximum absolute atomic E-state index is 5.65. The number of nitrogens with zero attached hydrogens (tertiary/aromatic N) is 2. The van der Waals surface area contributed by atoms with Crippen LogP contribution in [0, 0.1) is 6.92 Å². The molecular weight excluding hydrogens is 202 g/mol. The van der Waals surface area contributed by atoms with Crippen LogP contribution in [-0.2, 0) is 6.42 Å². The van der Waals surface area contributed by atoms with E-state index in [9.17, 15) is 0 Å². The Bertz CT molecular complexity index is 477. The highest BCUT2D eigenvalue weighted by atomic mass is 16.5. The van der Waals surface area contributed by atoms with Crippen LogP contribution in [0.1, 0.15) is 35.8 Å². The molecule has 16 heavy (non-hydrogen) atoms. The fraction of sp³-hybridized carbons (Fsp3) is 0.333. The number of benzene rings is 1. The third kappa shape index (κ3) is 2.28. The van der Waals surface area contributed by atoms with Gasteiger partial charge in [-0.1, -0.05) is 29.4 Å². The molecule has 0 aliphatic carbocycles. The van der Waals surface area contributed by atoms with Crippen molar-refractivity contribution < 1.29 is 4.52 Å². The predicted molar refractivity (Wildman–Crippen MR) is 60.9 cm³/mol. The van der Waals surface area contributed by atoms with E-state index >= 15 is 0 Å². The molecule has 0 saturated heterocycles. The van der Waals surface area contributed by atoms with Crippen LogP contribution in [0.4, 0.5) is 0 Å². The van der Waals surface area contributed by atoms with Crippen LogP contribution in [0.5, 0.6) is 0 Å². The molecule has 2 rings (SSSR count). The molecule has 1 aromatic carbocycles. The monoisotopic (exact) mass is 217 g/mol. The van der Waals surface area contributed by atoms with Gasteiger partial charge in [-0.2, -0.15) is 4.98 Å². The summed E-state index contributed by atoms with van der Waals surface area (Å²) in [5, 5.41) is 3.91. The molecule has 0 amide bonds. The van der Waals surface area contributed by atoms with Crippen LogP contribution in [0.15, 0.2) is 28.8 Å². The number of aryl methyl sites for hydroxylation is 1. The van der Waals surface area contributed by atoms with Crippen molar-refractivity contribution in [3.8, 4) is 0 Å². The van der Waals surface area contributed by atoms with Gasteiger partial charge in [0.25, 0.3) is 0 Å². The molecule has 0 radical (unpaired) electrons. The topological polar surface area (TPSA) is 64.9 Å². The molecule has 0 spiro atoms. The summed E-state index contributed by atoms with van der Waals surface area (Å²) in [7, 11) is 0. The number of hydrogen-bond donors (Lipinski definition) is 1. The van der Waals surface area contributed by atoms with Crippen LogP contribution < -0.4 is 5.73 Å². The van der Waals surface area contributed by atoms with E-state index in [2.05, 4.69) is 29.2 Å². The van der Waals surface area contributed by atoms with E-state index < -0.39 is 0 Å². The molecule has 1 unspecified atom stereocenters. The van der Waals surface area contributed by atoms with Crippen LogP contribution in [-0.4, -0.2) is 10.1 Å². The minimum absolute atomic E-state index is 0.210. The average molecular weight is 217 g/mol. The predicted octanol–water partition coefficient (Wildman–Crippen LogP) is 1.99. The fourth-order valence-electron chi connectivity index (χ4n) is 1.50. The first-order valence-electron chi connectivity index (χ1n) is 5.29. The van der Waals surface area contributed by atoms with Crippen molar-refractivity contribution in [3.63, 3.8) is 0 Å². The van der Waals surface area contributed by atoms with E-state index in [1.165, 1.54) is 11.1 Å². The number of aromatic nitrogens is 2. The summed E-state index contributed by atoms with van der Waals surface area (Å²) >= 11 is 0. The van der Waals surface area contributed by atoms with Gasteiger partial charge in [-0.15, -0.1) is 0 Å². The molecule has 1 aromatic heterocycles. The summed E-state index contributed by atoms with van der Waals surface area (Å²) in [4.78, 5) is 4.24. The molecular formula is C12H15N3O.